The number of aromatic nitrogens is 3. The summed E-state index contributed by atoms with van der Waals surface area (Å²) >= 11 is 0. The SMILES string of the molecule is CC(C)NC(CCCCNC(=O)OCCn1nnc2c1-c1ccccc1CN(C(=O)CCNC(=O)CCOCCCO)c1ccccc1-2)C(=O)C(C)C. The maximum Gasteiger partial charge on any atom is 0.407 e. The molecular formula is C39H55N7O7. The average molecular weight is 734 g/mol. The van der Waals surface area contributed by atoms with Crippen LogP contribution in [0, 0.1) is 5.92 Å². The molecule has 4 N–H and O–H groups in total. The van der Waals surface area contributed by atoms with Crippen molar-refractivity contribution in [1.29, 1.82) is 0 Å². The molecule has 1 aliphatic heterocycles. The molecule has 0 saturated heterocycles. The number of carbonyl (C=O) groups excluding carboxylic acids is 4. The van der Waals surface area contributed by atoms with Crippen LogP contribution in [0.2, 0.25) is 0 Å². The number of alkyl carbamates (subject to hydrolysis) is 1. The van der Waals surface area contributed by atoms with Gasteiger partial charge in [0.1, 0.15) is 12.3 Å². The highest BCUT2D eigenvalue weighted by Crippen LogP contribution is 2.41. The first kappa shape index (κ1) is 41.1. The van der Waals surface area contributed by atoms with E-state index in [-0.39, 0.29) is 81.4 Å². The van der Waals surface area contributed by atoms with Gasteiger partial charge in [-0.3, -0.25) is 14.4 Å². The number of ketones is 1. The Balaban J connectivity index is 1.36. The summed E-state index contributed by atoms with van der Waals surface area (Å²) < 4.78 is 12.6. The molecule has 0 radical (unpaired) electrons. The van der Waals surface area contributed by atoms with Gasteiger partial charge in [0.25, 0.3) is 0 Å². The van der Waals surface area contributed by atoms with Gasteiger partial charge in [-0.25, -0.2) is 9.48 Å². The van der Waals surface area contributed by atoms with Gasteiger partial charge in [-0.1, -0.05) is 75.4 Å². The average Bonchev–Trinajstić information content (AvgIpc) is 3.54. The van der Waals surface area contributed by atoms with Crippen LogP contribution in [0.4, 0.5) is 10.5 Å². The number of nitrogens with zero attached hydrogens (tertiary/aromatic N) is 4. The number of aliphatic hydroxyl groups excluding tert-OH is 1. The minimum Gasteiger partial charge on any atom is -0.448 e. The Hall–Kier alpha value is -4.66. The van der Waals surface area contributed by atoms with E-state index in [0.29, 0.717) is 43.9 Å². The molecular weight excluding hydrogens is 678 g/mol. The summed E-state index contributed by atoms with van der Waals surface area (Å²) in [5, 5.41) is 26.8. The molecule has 288 valence electrons. The van der Waals surface area contributed by atoms with Crippen molar-refractivity contribution in [3.05, 3.63) is 54.1 Å². The Morgan fingerprint density at radius 1 is 0.868 bits per heavy atom. The highest BCUT2D eigenvalue weighted by molar-refractivity contribution is 6.00. The van der Waals surface area contributed by atoms with Gasteiger partial charge < -0.3 is 35.4 Å². The Bertz CT molecular complexity index is 1660. The van der Waals surface area contributed by atoms with Crippen LogP contribution in [0.3, 0.4) is 0 Å². The standard InChI is InChI=1S/C39H55N7O7/c1-27(2)38(50)32(42-28(3)4)15-9-10-19-41-39(51)53-25-21-46-37-30-13-6-5-12-29(30)26-45(33-16-8-7-14-31(33)36(37)43-44-46)35(49)17-20-40-34(48)18-24-52-23-11-22-47/h5-8,12-14,16,27-28,32,42,47H,9-11,15,17-26H2,1-4H3,(H,40,48)(H,41,51). The van der Waals surface area contributed by atoms with Crippen LogP contribution < -0.4 is 20.9 Å². The number of aliphatic hydroxyl groups is 1. The summed E-state index contributed by atoms with van der Waals surface area (Å²) in [6, 6.07) is 15.3. The molecule has 2 heterocycles. The number of rotatable bonds is 21. The van der Waals surface area contributed by atoms with Gasteiger partial charge >= 0.3 is 6.09 Å². The molecule has 1 aliphatic rings. The molecule has 14 nitrogen and oxygen atoms in total. The highest BCUT2D eigenvalue weighted by atomic mass is 16.5. The minimum atomic E-state index is -0.523. The van der Waals surface area contributed by atoms with E-state index in [1.807, 2.05) is 76.2 Å². The lowest BCUT2D eigenvalue weighted by atomic mass is 9.95. The van der Waals surface area contributed by atoms with Crippen molar-refractivity contribution in [2.24, 2.45) is 5.92 Å². The number of carbonyl (C=O) groups is 4. The second-order valence-electron chi connectivity index (χ2n) is 13.7. The molecule has 2 aromatic carbocycles. The predicted octanol–water partition coefficient (Wildman–Crippen LogP) is 4.24. The number of Topliss-reactive ketones (excluding diaryl/α,β-unsaturated/α-hetero) is 1. The number of anilines is 1. The summed E-state index contributed by atoms with van der Waals surface area (Å²) in [7, 11) is 0. The van der Waals surface area contributed by atoms with Gasteiger partial charge in [0.05, 0.1) is 37.1 Å². The molecule has 1 unspecified atom stereocenters. The van der Waals surface area contributed by atoms with Crippen molar-refractivity contribution in [3.8, 4) is 22.5 Å². The zero-order valence-corrected chi connectivity index (χ0v) is 31.4. The van der Waals surface area contributed by atoms with Crippen molar-refractivity contribution in [2.45, 2.75) is 91.4 Å². The van der Waals surface area contributed by atoms with Crippen LogP contribution >= 0.6 is 0 Å². The first-order valence-corrected chi connectivity index (χ1v) is 18.7. The Kier molecular flexibility index (Phi) is 16.4. The van der Waals surface area contributed by atoms with E-state index < -0.39 is 6.09 Å². The molecule has 3 amide bonds. The molecule has 0 spiro atoms. The van der Waals surface area contributed by atoms with Crippen LogP contribution in [0.25, 0.3) is 22.5 Å². The molecule has 0 bridgehead atoms. The third-order valence-electron chi connectivity index (χ3n) is 8.84. The van der Waals surface area contributed by atoms with E-state index in [4.69, 9.17) is 14.6 Å². The van der Waals surface area contributed by atoms with Gasteiger partial charge in [-0.05, 0) is 37.3 Å². The topological polar surface area (TPSA) is 177 Å². The number of unbranched alkanes of at least 4 members (excludes halogenated alkanes) is 1. The highest BCUT2D eigenvalue weighted by Gasteiger charge is 2.29. The van der Waals surface area contributed by atoms with E-state index in [2.05, 4.69) is 26.3 Å². The van der Waals surface area contributed by atoms with Crippen molar-refractivity contribution in [3.63, 3.8) is 0 Å². The monoisotopic (exact) mass is 733 g/mol. The molecule has 0 saturated carbocycles. The van der Waals surface area contributed by atoms with Crippen molar-refractivity contribution in [1.82, 2.24) is 30.9 Å². The van der Waals surface area contributed by atoms with Crippen LogP contribution in [0.5, 0.6) is 0 Å². The minimum absolute atomic E-state index is 0.0380. The van der Waals surface area contributed by atoms with Gasteiger partial charge in [0, 0.05) is 62.2 Å². The van der Waals surface area contributed by atoms with Crippen molar-refractivity contribution < 1.29 is 33.8 Å². The number of benzene rings is 2. The van der Waals surface area contributed by atoms with Crippen LogP contribution in [-0.4, -0.2) is 95.4 Å². The Morgan fingerprint density at radius 3 is 2.38 bits per heavy atom. The molecule has 53 heavy (non-hydrogen) atoms. The number of nitrogens with one attached hydrogen (secondary N) is 3. The van der Waals surface area contributed by atoms with Crippen molar-refractivity contribution in [2.75, 3.05) is 44.4 Å². The number of hydrogen-bond acceptors (Lipinski definition) is 10. The fraction of sp³-hybridized carbons (Fsp3) is 0.538. The molecule has 0 fully saturated rings. The fourth-order valence-corrected chi connectivity index (χ4v) is 6.21. The zero-order valence-electron chi connectivity index (χ0n) is 31.4. The summed E-state index contributed by atoms with van der Waals surface area (Å²) in [6.07, 6.45) is 2.49. The third kappa shape index (κ3) is 12.2. The number of amides is 3. The lowest BCUT2D eigenvalue weighted by Gasteiger charge is -2.28. The molecule has 0 aliphatic carbocycles. The maximum absolute atomic E-state index is 13.7. The second-order valence-corrected chi connectivity index (χ2v) is 13.7. The van der Waals surface area contributed by atoms with Gasteiger partial charge in [0.15, 0.2) is 5.78 Å². The van der Waals surface area contributed by atoms with Gasteiger partial charge in [0.2, 0.25) is 11.8 Å². The normalized spacial score (nSPS) is 12.7. The summed E-state index contributed by atoms with van der Waals surface area (Å²) in [6.45, 7) is 9.81. The van der Waals surface area contributed by atoms with Crippen LogP contribution in [0.15, 0.2) is 48.5 Å². The third-order valence-corrected chi connectivity index (χ3v) is 8.84. The van der Waals surface area contributed by atoms with E-state index in [1.165, 1.54) is 0 Å². The fourth-order valence-electron chi connectivity index (χ4n) is 6.21. The second kappa shape index (κ2) is 21.1. The smallest absolute Gasteiger partial charge is 0.407 e. The summed E-state index contributed by atoms with van der Waals surface area (Å²) in [5.41, 5.74) is 4.53. The maximum atomic E-state index is 13.7. The Labute approximate surface area is 312 Å². The molecule has 1 aromatic heterocycles. The number of para-hydroxylation sites is 1. The van der Waals surface area contributed by atoms with E-state index in [1.54, 1.807) is 9.58 Å². The van der Waals surface area contributed by atoms with E-state index >= 15 is 0 Å². The lowest BCUT2D eigenvalue weighted by molar-refractivity contribution is -0.124. The van der Waals surface area contributed by atoms with Gasteiger partial charge in [-0.15, -0.1) is 5.10 Å². The number of ether oxygens (including phenoxy) is 2. The van der Waals surface area contributed by atoms with Gasteiger partial charge in [-0.2, -0.15) is 0 Å². The largest absolute Gasteiger partial charge is 0.448 e. The van der Waals surface area contributed by atoms with Crippen molar-refractivity contribution >= 4 is 29.4 Å². The molecule has 1 atom stereocenters. The predicted molar refractivity (Wildman–Crippen MR) is 202 cm³/mol. The van der Waals surface area contributed by atoms with Crippen LogP contribution in [0.1, 0.15) is 71.8 Å². The number of hydrogen-bond donors (Lipinski definition) is 4. The Morgan fingerprint density at radius 2 is 1.62 bits per heavy atom. The van der Waals surface area contributed by atoms with E-state index in [9.17, 15) is 19.2 Å². The lowest BCUT2D eigenvalue weighted by Crippen LogP contribution is -2.42. The van der Waals surface area contributed by atoms with E-state index in [0.717, 1.165) is 35.2 Å². The molecule has 4 rings (SSSR count). The molecule has 3 aromatic rings. The summed E-state index contributed by atoms with van der Waals surface area (Å²) in [4.78, 5) is 52.8. The quantitative estimate of drug-likeness (QED) is 0.116. The first-order chi connectivity index (χ1) is 25.6. The van der Waals surface area contributed by atoms with Crippen LogP contribution in [-0.2, 0) is 36.9 Å². The number of fused-ring (bicyclic) bond motifs is 5. The molecule has 14 heteroatoms. The first-order valence-electron chi connectivity index (χ1n) is 18.7. The summed E-state index contributed by atoms with van der Waals surface area (Å²) in [5.74, 6) is -0.194. The zero-order chi connectivity index (χ0) is 38.2.